The number of rotatable bonds is 7. The molecule has 2 heteroatoms. The molecule has 0 aromatic heterocycles. The van der Waals surface area contributed by atoms with E-state index < -0.39 is 0 Å². The van der Waals surface area contributed by atoms with Crippen LogP contribution < -0.4 is 9.80 Å². The zero-order valence-electron chi connectivity index (χ0n) is 29.1. The molecule has 2 nitrogen and oxygen atoms in total. The minimum Gasteiger partial charge on any atom is -0.309 e. The van der Waals surface area contributed by atoms with Gasteiger partial charge in [-0.05, 0) is 93.4 Å². The molecule has 0 atom stereocenters. The van der Waals surface area contributed by atoms with E-state index in [1.165, 1.54) is 60.6 Å². The Labute approximate surface area is 295 Å². The summed E-state index contributed by atoms with van der Waals surface area (Å²) in [7, 11) is 0. The first-order valence-corrected chi connectivity index (χ1v) is 17.4. The molecule has 8 rings (SSSR count). The van der Waals surface area contributed by atoms with Gasteiger partial charge in [0.2, 0.25) is 0 Å². The Balaban J connectivity index is 1.53. The van der Waals surface area contributed by atoms with Gasteiger partial charge in [-0.15, -0.1) is 0 Å². The summed E-state index contributed by atoms with van der Waals surface area (Å²) in [5.74, 6) is 0. The van der Waals surface area contributed by atoms with E-state index in [0.29, 0.717) is 0 Å². The Morgan fingerprint density at radius 3 is 1.02 bits per heavy atom. The highest BCUT2D eigenvalue weighted by atomic mass is 15.2. The van der Waals surface area contributed by atoms with Crippen molar-refractivity contribution in [3.8, 4) is 11.1 Å². The molecule has 0 amide bonds. The predicted molar refractivity (Wildman–Crippen MR) is 215 cm³/mol. The zero-order chi connectivity index (χ0) is 34.2. The molecule has 0 spiro atoms. The first-order chi connectivity index (χ1) is 24.4. The maximum absolute atomic E-state index is 2.45. The second-order valence-corrected chi connectivity index (χ2v) is 13.4. The van der Waals surface area contributed by atoms with E-state index in [9.17, 15) is 0 Å². The van der Waals surface area contributed by atoms with Gasteiger partial charge in [-0.1, -0.05) is 138 Å². The summed E-state index contributed by atoms with van der Waals surface area (Å²) in [5.41, 5.74) is 14.2. The van der Waals surface area contributed by atoms with Crippen LogP contribution in [0.1, 0.15) is 22.3 Å². The van der Waals surface area contributed by atoms with E-state index in [-0.39, 0.29) is 0 Å². The molecule has 8 aromatic carbocycles. The number of hydrogen-bond donors (Lipinski definition) is 0. The molecule has 0 aliphatic carbocycles. The molecule has 0 bridgehead atoms. The lowest BCUT2D eigenvalue weighted by Crippen LogP contribution is -2.14. The van der Waals surface area contributed by atoms with Gasteiger partial charge in [-0.25, -0.2) is 0 Å². The van der Waals surface area contributed by atoms with Crippen LogP contribution in [-0.2, 0) is 0 Å². The number of hydrogen-bond acceptors (Lipinski definition) is 2. The smallest absolute Gasteiger partial charge is 0.0620 e. The average molecular weight is 645 g/mol. The van der Waals surface area contributed by atoms with E-state index in [1.807, 2.05) is 0 Å². The molecule has 0 saturated heterocycles. The van der Waals surface area contributed by atoms with Crippen LogP contribution in [0.5, 0.6) is 0 Å². The van der Waals surface area contributed by atoms with Crippen molar-refractivity contribution in [1.82, 2.24) is 0 Å². The Bertz CT molecular complexity index is 2330. The predicted octanol–water partition coefficient (Wildman–Crippen LogP) is 13.8. The van der Waals surface area contributed by atoms with Crippen molar-refractivity contribution >= 4 is 55.7 Å². The molecule has 242 valence electrons. The monoisotopic (exact) mass is 644 g/mol. The van der Waals surface area contributed by atoms with Crippen LogP contribution in [0.15, 0.2) is 170 Å². The summed E-state index contributed by atoms with van der Waals surface area (Å²) in [4.78, 5) is 4.89. The minimum atomic E-state index is 1.12. The summed E-state index contributed by atoms with van der Waals surface area (Å²) >= 11 is 0. The van der Waals surface area contributed by atoms with E-state index in [1.54, 1.807) is 0 Å². The molecule has 0 N–H and O–H groups in total. The maximum Gasteiger partial charge on any atom is 0.0620 e. The Kier molecular flexibility index (Phi) is 8.14. The lowest BCUT2D eigenvalue weighted by Gasteiger charge is -2.33. The van der Waals surface area contributed by atoms with E-state index in [4.69, 9.17) is 0 Å². The maximum atomic E-state index is 2.45. The topological polar surface area (TPSA) is 6.48 Å². The standard InChI is InChI=1S/C48H40N2/c1-33-14-23-39(24-15-33)49(40-25-16-34(2)17-26-40)47-43-12-8-9-13-44(43)48(46-32-38(22-31-45(46)47)37-10-6-5-7-11-37)50(41-27-18-35(3)19-28-41)42-29-20-36(4)21-30-42/h5-32H,1-4H3. The van der Waals surface area contributed by atoms with E-state index in [0.717, 1.165) is 28.4 Å². The van der Waals surface area contributed by atoms with Crippen molar-refractivity contribution in [2.75, 3.05) is 9.80 Å². The Morgan fingerprint density at radius 1 is 0.280 bits per heavy atom. The number of aryl methyl sites for hydroxylation is 4. The average Bonchev–Trinajstić information content (AvgIpc) is 3.15. The van der Waals surface area contributed by atoms with Crippen molar-refractivity contribution < 1.29 is 0 Å². The fourth-order valence-electron chi connectivity index (χ4n) is 7.01. The first-order valence-electron chi connectivity index (χ1n) is 17.4. The third-order valence-corrected chi connectivity index (χ3v) is 9.69. The molecule has 50 heavy (non-hydrogen) atoms. The van der Waals surface area contributed by atoms with Crippen LogP contribution in [0.2, 0.25) is 0 Å². The molecule has 0 aliphatic rings. The summed E-state index contributed by atoms with van der Waals surface area (Å²) in [5, 5.41) is 4.74. The van der Waals surface area contributed by atoms with E-state index in [2.05, 4.69) is 207 Å². The number of fused-ring (bicyclic) bond motifs is 2. The molecule has 0 aliphatic heterocycles. The fraction of sp³-hybridized carbons (Fsp3) is 0.0833. The SMILES string of the molecule is Cc1ccc(N(c2ccc(C)cc2)c2c3ccccc3c(N(c3ccc(C)cc3)c3ccc(C)cc3)c3cc(-c4ccccc4)ccc23)cc1. The van der Waals surface area contributed by atoms with Crippen LogP contribution in [-0.4, -0.2) is 0 Å². The lowest BCUT2D eigenvalue weighted by atomic mass is 9.92. The van der Waals surface area contributed by atoms with Gasteiger partial charge in [0.15, 0.2) is 0 Å². The van der Waals surface area contributed by atoms with Gasteiger partial charge in [0.05, 0.1) is 11.4 Å². The van der Waals surface area contributed by atoms with E-state index >= 15 is 0 Å². The van der Waals surface area contributed by atoms with Crippen molar-refractivity contribution in [1.29, 1.82) is 0 Å². The van der Waals surface area contributed by atoms with Crippen molar-refractivity contribution in [2.24, 2.45) is 0 Å². The van der Waals surface area contributed by atoms with Gasteiger partial charge in [0.25, 0.3) is 0 Å². The third-order valence-electron chi connectivity index (χ3n) is 9.69. The second-order valence-electron chi connectivity index (χ2n) is 13.4. The molecule has 0 heterocycles. The highest BCUT2D eigenvalue weighted by molar-refractivity contribution is 6.23. The van der Waals surface area contributed by atoms with Crippen molar-refractivity contribution in [3.63, 3.8) is 0 Å². The van der Waals surface area contributed by atoms with Crippen LogP contribution in [0.25, 0.3) is 32.7 Å². The molecule has 0 radical (unpaired) electrons. The summed E-state index contributed by atoms with van der Waals surface area (Å²) in [6, 6.07) is 62.3. The summed E-state index contributed by atoms with van der Waals surface area (Å²) in [6.07, 6.45) is 0. The second kappa shape index (κ2) is 13.1. The highest BCUT2D eigenvalue weighted by Gasteiger charge is 2.25. The number of anilines is 6. The first kappa shape index (κ1) is 31.2. The fourth-order valence-corrected chi connectivity index (χ4v) is 7.01. The zero-order valence-corrected chi connectivity index (χ0v) is 29.1. The molecule has 0 saturated carbocycles. The Hall–Kier alpha value is -6.12. The number of benzene rings is 8. The van der Waals surface area contributed by atoms with Crippen LogP contribution >= 0.6 is 0 Å². The van der Waals surface area contributed by atoms with Gasteiger partial charge >= 0.3 is 0 Å². The summed E-state index contributed by atoms with van der Waals surface area (Å²) < 4.78 is 0. The van der Waals surface area contributed by atoms with Gasteiger partial charge in [0, 0.05) is 44.3 Å². The summed E-state index contributed by atoms with van der Waals surface area (Å²) in [6.45, 7) is 8.60. The molecular formula is C48H40N2. The van der Waals surface area contributed by atoms with Crippen LogP contribution in [0.3, 0.4) is 0 Å². The van der Waals surface area contributed by atoms with Gasteiger partial charge in [-0.2, -0.15) is 0 Å². The molecule has 0 unspecified atom stereocenters. The molecule has 8 aromatic rings. The normalized spacial score (nSPS) is 11.2. The quantitative estimate of drug-likeness (QED) is 0.126. The van der Waals surface area contributed by atoms with Gasteiger partial charge < -0.3 is 9.80 Å². The molecular weight excluding hydrogens is 605 g/mol. The molecule has 0 fully saturated rings. The minimum absolute atomic E-state index is 1.12. The van der Waals surface area contributed by atoms with Gasteiger partial charge in [-0.3, -0.25) is 0 Å². The van der Waals surface area contributed by atoms with Crippen molar-refractivity contribution in [2.45, 2.75) is 27.7 Å². The third kappa shape index (κ3) is 5.80. The lowest BCUT2D eigenvalue weighted by molar-refractivity contribution is 1.28. The van der Waals surface area contributed by atoms with Gasteiger partial charge in [0.1, 0.15) is 0 Å². The van der Waals surface area contributed by atoms with Crippen LogP contribution in [0, 0.1) is 27.7 Å². The largest absolute Gasteiger partial charge is 0.309 e. The Morgan fingerprint density at radius 2 is 0.620 bits per heavy atom. The highest BCUT2D eigenvalue weighted by Crippen LogP contribution is 2.51. The number of nitrogens with zero attached hydrogens (tertiary/aromatic N) is 2. The van der Waals surface area contributed by atoms with Crippen LogP contribution in [0.4, 0.5) is 34.1 Å². The van der Waals surface area contributed by atoms with Crippen molar-refractivity contribution in [3.05, 3.63) is 192 Å².